The first kappa shape index (κ1) is 13.7. The molecule has 102 valence electrons. The van der Waals surface area contributed by atoms with Gasteiger partial charge in [0.2, 0.25) is 0 Å². The Hall–Kier alpha value is -1.68. The van der Waals surface area contributed by atoms with Crippen molar-refractivity contribution < 1.29 is 8.81 Å². The molecule has 0 saturated heterocycles. The summed E-state index contributed by atoms with van der Waals surface area (Å²) in [6, 6.07) is 5.10. The molecule has 0 radical (unpaired) electrons. The van der Waals surface area contributed by atoms with Crippen molar-refractivity contribution in [1.29, 1.82) is 0 Å². The third kappa shape index (κ3) is 3.41. The Labute approximate surface area is 112 Å². The van der Waals surface area contributed by atoms with E-state index in [-0.39, 0.29) is 5.82 Å². The summed E-state index contributed by atoms with van der Waals surface area (Å²) in [6.45, 7) is 7.60. The highest BCUT2D eigenvalue weighted by Gasteiger charge is 2.14. The minimum absolute atomic E-state index is 0.276. The zero-order chi connectivity index (χ0) is 13.8. The highest BCUT2D eigenvalue weighted by atomic mass is 19.1. The van der Waals surface area contributed by atoms with Crippen molar-refractivity contribution in [3.63, 3.8) is 0 Å². The molecule has 0 aliphatic carbocycles. The van der Waals surface area contributed by atoms with Gasteiger partial charge in [-0.05, 0) is 37.1 Å². The number of aromatic nitrogens is 1. The molecular weight excluding hydrogens is 243 g/mol. The lowest BCUT2D eigenvalue weighted by atomic mass is 10.1. The van der Waals surface area contributed by atoms with E-state index in [9.17, 15) is 4.39 Å². The number of nitrogens with one attached hydrogen (secondary N) is 1. The number of hydrogen-bond donors (Lipinski definition) is 1. The van der Waals surface area contributed by atoms with Gasteiger partial charge in [-0.25, -0.2) is 9.37 Å². The predicted molar refractivity (Wildman–Crippen MR) is 73.2 cm³/mol. The quantitative estimate of drug-likeness (QED) is 0.895. The van der Waals surface area contributed by atoms with Crippen molar-refractivity contribution in [1.82, 2.24) is 10.3 Å². The van der Waals surface area contributed by atoms with Crippen LogP contribution in [0.2, 0.25) is 0 Å². The Morgan fingerprint density at radius 2 is 2.16 bits per heavy atom. The molecule has 3 nitrogen and oxygen atoms in total. The van der Waals surface area contributed by atoms with Gasteiger partial charge < -0.3 is 9.73 Å². The van der Waals surface area contributed by atoms with Crippen LogP contribution in [0.4, 0.5) is 4.39 Å². The molecule has 0 atom stereocenters. The van der Waals surface area contributed by atoms with Crippen LogP contribution in [-0.2, 0) is 6.54 Å². The van der Waals surface area contributed by atoms with E-state index in [4.69, 9.17) is 4.42 Å². The first-order valence-electron chi connectivity index (χ1n) is 6.47. The van der Waals surface area contributed by atoms with E-state index in [1.165, 1.54) is 12.5 Å². The zero-order valence-electron chi connectivity index (χ0n) is 11.5. The summed E-state index contributed by atoms with van der Waals surface area (Å²) < 4.78 is 19.3. The fraction of sp³-hybridized carbons (Fsp3) is 0.400. The molecule has 0 aliphatic rings. The van der Waals surface area contributed by atoms with Crippen LogP contribution in [0, 0.1) is 18.7 Å². The summed E-state index contributed by atoms with van der Waals surface area (Å²) in [5, 5.41) is 3.28. The van der Waals surface area contributed by atoms with Crippen molar-refractivity contribution in [2.45, 2.75) is 27.3 Å². The van der Waals surface area contributed by atoms with Crippen molar-refractivity contribution in [3.8, 4) is 11.3 Å². The summed E-state index contributed by atoms with van der Waals surface area (Å²) >= 11 is 0. The molecule has 1 N–H and O–H groups in total. The van der Waals surface area contributed by atoms with Gasteiger partial charge in [0.25, 0.3) is 0 Å². The van der Waals surface area contributed by atoms with Gasteiger partial charge in [-0.15, -0.1) is 0 Å². The number of oxazole rings is 1. The molecule has 4 heteroatoms. The second-order valence-corrected chi connectivity index (χ2v) is 5.14. The van der Waals surface area contributed by atoms with E-state index < -0.39 is 0 Å². The van der Waals surface area contributed by atoms with Crippen molar-refractivity contribution in [3.05, 3.63) is 41.7 Å². The van der Waals surface area contributed by atoms with Gasteiger partial charge in [0.1, 0.15) is 11.5 Å². The monoisotopic (exact) mass is 262 g/mol. The average Bonchev–Trinajstić information content (AvgIpc) is 2.77. The van der Waals surface area contributed by atoms with E-state index in [1.807, 2.05) is 13.0 Å². The van der Waals surface area contributed by atoms with Crippen LogP contribution in [-0.4, -0.2) is 11.5 Å². The lowest BCUT2D eigenvalue weighted by molar-refractivity contribution is 0.542. The largest absolute Gasteiger partial charge is 0.443 e. The van der Waals surface area contributed by atoms with E-state index in [2.05, 4.69) is 24.1 Å². The third-order valence-electron chi connectivity index (χ3n) is 2.86. The van der Waals surface area contributed by atoms with Crippen LogP contribution in [0.25, 0.3) is 11.3 Å². The molecule has 0 saturated carbocycles. The number of benzene rings is 1. The molecule has 0 unspecified atom stereocenters. The highest BCUT2D eigenvalue weighted by Crippen LogP contribution is 2.26. The van der Waals surface area contributed by atoms with Gasteiger partial charge in [0.15, 0.2) is 12.2 Å². The molecule has 1 aromatic heterocycles. The van der Waals surface area contributed by atoms with Crippen LogP contribution in [0.1, 0.15) is 25.1 Å². The third-order valence-corrected chi connectivity index (χ3v) is 2.86. The van der Waals surface area contributed by atoms with E-state index in [1.54, 1.807) is 6.07 Å². The highest BCUT2D eigenvalue weighted by molar-refractivity contribution is 5.60. The topological polar surface area (TPSA) is 38.1 Å². The predicted octanol–water partition coefficient (Wildman–Crippen LogP) is 3.53. The van der Waals surface area contributed by atoms with Gasteiger partial charge in [-0.3, -0.25) is 0 Å². The Morgan fingerprint density at radius 1 is 1.37 bits per heavy atom. The Kier molecular flexibility index (Phi) is 4.32. The summed E-state index contributed by atoms with van der Waals surface area (Å²) in [4.78, 5) is 4.16. The van der Waals surface area contributed by atoms with Gasteiger partial charge in [0.05, 0.1) is 5.56 Å². The second-order valence-electron chi connectivity index (χ2n) is 5.14. The van der Waals surface area contributed by atoms with E-state index >= 15 is 0 Å². The van der Waals surface area contributed by atoms with E-state index in [0.29, 0.717) is 23.8 Å². The maximum absolute atomic E-state index is 13.9. The summed E-state index contributed by atoms with van der Waals surface area (Å²) in [5.41, 5.74) is 2.09. The molecule has 0 aliphatic heterocycles. The first-order valence-corrected chi connectivity index (χ1v) is 6.47. The fourth-order valence-electron chi connectivity index (χ4n) is 1.90. The van der Waals surface area contributed by atoms with Crippen LogP contribution in [0.5, 0.6) is 0 Å². The zero-order valence-corrected chi connectivity index (χ0v) is 11.5. The van der Waals surface area contributed by atoms with Crippen LogP contribution < -0.4 is 5.32 Å². The summed E-state index contributed by atoms with van der Waals surface area (Å²) in [6.07, 6.45) is 1.36. The summed E-state index contributed by atoms with van der Waals surface area (Å²) in [7, 11) is 0. The van der Waals surface area contributed by atoms with Crippen molar-refractivity contribution in [2.24, 2.45) is 5.92 Å². The Bertz CT molecular complexity index is 549. The molecule has 1 aromatic carbocycles. The molecule has 1 heterocycles. The summed E-state index contributed by atoms with van der Waals surface area (Å²) in [5.74, 6) is 0.794. The Balaban J connectivity index is 2.19. The van der Waals surface area contributed by atoms with Gasteiger partial charge in [-0.2, -0.15) is 0 Å². The molecule has 19 heavy (non-hydrogen) atoms. The lowest BCUT2D eigenvalue weighted by Crippen LogP contribution is -2.19. The molecule has 2 aromatic rings. The fourth-order valence-corrected chi connectivity index (χ4v) is 1.90. The molecule has 0 amide bonds. The number of hydrogen-bond acceptors (Lipinski definition) is 3. The molecular formula is C15H19FN2O. The molecule has 0 spiro atoms. The van der Waals surface area contributed by atoms with Crippen LogP contribution in [0.3, 0.4) is 0 Å². The number of nitrogens with zero attached hydrogens (tertiary/aromatic N) is 1. The average molecular weight is 262 g/mol. The Morgan fingerprint density at radius 3 is 2.84 bits per heavy atom. The number of halogens is 1. The first-order chi connectivity index (χ1) is 9.08. The van der Waals surface area contributed by atoms with Crippen LogP contribution >= 0.6 is 0 Å². The SMILES string of the molecule is Cc1ccc(-c2ocnc2CNCC(C)C)c(F)c1. The van der Waals surface area contributed by atoms with Gasteiger partial charge in [0, 0.05) is 6.54 Å². The molecule has 0 fully saturated rings. The smallest absolute Gasteiger partial charge is 0.181 e. The van der Waals surface area contributed by atoms with Crippen molar-refractivity contribution in [2.75, 3.05) is 6.54 Å². The maximum Gasteiger partial charge on any atom is 0.181 e. The van der Waals surface area contributed by atoms with Gasteiger partial charge >= 0.3 is 0 Å². The van der Waals surface area contributed by atoms with Crippen LogP contribution in [0.15, 0.2) is 29.0 Å². The van der Waals surface area contributed by atoms with E-state index in [0.717, 1.165) is 17.8 Å². The molecule has 2 rings (SSSR count). The number of aryl methyl sites for hydroxylation is 1. The number of rotatable bonds is 5. The minimum Gasteiger partial charge on any atom is -0.443 e. The minimum atomic E-state index is -0.276. The standard InChI is InChI=1S/C15H19FN2O/c1-10(2)7-17-8-14-15(19-9-18-14)12-5-4-11(3)6-13(12)16/h4-6,9-10,17H,7-8H2,1-3H3. The molecule has 0 bridgehead atoms. The van der Waals surface area contributed by atoms with Gasteiger partial charge in [-0.1, -0.05) is 19.9 Å². The van der Waals surface area contributed by atoms with Crippen molar-refractivity contribution >= 4 is 0 Å². The lowest BCUT2D eigenvalue weighted by Gasteiger charge is -2.07. The second kappa shape index (κ2) is 5.97. The normalized spacial score (nSPS) is 11.2. The maximum atomic E-state index is 13.9.